The number of aryl methyl sites for hydroxylation is 4. The highest BCUT2D eigenvalue weighted by Crippen LogP contribution is 2.28. The third-order valence-electron chi connectivity index (χ3n) is 5.24. The van der Waals surface area contributed by atoms with Gasteiger partial charge in [0.1, 0.15) is 5.69 Å². The molecule has 1 unspecified atom stereocenters. The number of hydrogen-bond acceptors (Lipinski definition) is 4. The maximum atomic E-state index is 13.3. The van der Waals surface area contributed by atoms with Crippen LogP contribution in [-0.2, 0) is 7.05 Å². The summed E-state index contributed by atoms with van der Waals surface area (Å²) >= 11 is 0. The van der Waals surface area contributed by atoms with E-state index in [1.165, 1.54) is 5.56 Å². The number of fused-ring (bicyclic) bond motifs is 1. The van der Waals surface area contributed by atoms with Gasteiger partial charge in [0.15, 0.2) is 11.4 Å². The summed E-state index contributed by atoms with van der Waals surface area (Å²) in [5.74, 6) is 0.456. The molecule has 4 aromatic rings. The summed E-state index contributed by atoms with van der Waals surface area (Å²) in [6, 6.07) is 11.6. The number of benzene rings is 1. The molecule has 1 aromatic carbocycles. The van der Waals surface area contributed by atoms with E-state index in [0.717, 1.165) is 22.2 Å². The molecule has 0 spiro atoms. The van der Waals surface area contributed by atoms with Crippen molar-refractivity contribution in [1.82, 2.24) is 20.1 Å². The third kappa shape index (κ3) is 3.42. The minimum atomic E-state index is -0.158. The van der Waals surface area contributed by atoms with Gasteiger partial charge in [-0.3, -0.25) is 9.48 Å². The van der Waals surface area contributed by atoms with Gasteiger partial charge in [-0.2, -0.15) is 5.10 Å². The first-order chi connectivity index (χ1) is 13.8. The van der Waals surface area contributed by atoms with Crippen LogP contribution in [0.15, 0.2) is 47.1 Å². The van der Waals surface area contributed by atoms with Crippen LogP contribution in [0.25, 0.3) is 22.5 Å². The van der Waals surface area contributed by atoms with Gasteiger partial charge in [-0.05, 0) is 57.0 Å². The van der Waals surface area contributed by atoms with E-state index in [9.17, 15) is 4.79 Å². The molecule has 0 bridgehead atoms. The molecule has 4 rings (SSSR count). The summed E-state index contributed by atoms with van der Waals surface area (Å²) < 4.78 is 7.20. The van der Waals surface area contributed by atoms with Crippen molar-refractivity contribution in [2.24, 2.45) is 7.05 Å². The Hall–Kier alpha value is -3.41. The quantitative estimate of drug-likeness (QED) is 0.552. The van der Waals surface area contributed by atoms with E-state index in [2.05, 4.69) is 47.4 Å². The van der Waals surface area contributed by atoms with Crippen molar-refractivity contribution in [3.63, 3.8) is 0 Å². The van der Waals surface area contributed by atoms with Crippen LogP contribution >= 0.6 is 0 Å². The lowest BCUT2D eigenvalue weighted by atomic mass is 9.99. The Kier molecular flexibility index (Phi) is 4.70. The zero-order valence-corrected chi connectivity index (χ0v) is 17.3. The van der Waals surface area contributed by atoms with Crippen molar-refractivity contribution in [3.8, 4) is 11.5 Å². The minimum Gasteiger partial charge on any atom is -0.463 e. The smallest absolute Gasteiger partial charge is 0.252 e. The highest BCUT2D eigenvalue weighted by atomic mass is 16.3. The topological polar surface area (TPSA) is 73.0 Å². The summed E-state index contributed by atoms with van der Waals surface area (Å²) in [4.78, 5) is 18.0. The molecule has 0 aliphatic carbocycles. The van der Waals surface area contributed by atoms with Gasteiger partial charge in [0.2, 0.25) is 0 Å². The summed E-state index contributed by atoms with van der Waals surface area (Å²) in [7, 11) is 1.83. The van der Waals surface area contributed by atoms with Crippen molar-refractivity contribution in [1.29, 1.82) is 0 Å². The summed E-state index contributed by atoms with van der Waals surface area (Å²) in [5, 5.41) is 8.37. The zero-order chi connectivity index (χ0) is 20.7. The maximum Gasteiger partial charge on any atom is 0.252 e. The molecular formula is C23H24N4O2. The number of carbonyl (C=O) groups excluding carboxylic acids is 1. The van der Waals surface area contributed by atoms with Gasteiger partial charge in [-0.1, -0.05) is 23.8 Å². The molecule has 6 heteroatoms. The van der Waals surface area contributed by atoms with E-state index in [1.54, 1.807) is 23.1 Å². The second kappa shape index (κ2) is 7.20. The molecule has 1 atom stereocenters. The molecule has 0 aliphatic rings. The highest BCUT2D eigenvalue weighted by Gasteiger charge is 2.22. The fourth-order valence-corrected chi connectivity index (χ4v) is 3.75. The highest BCUT2D eigenvalue weighted by molar-refractivity contribution is 6.07. The number of rotatable bonds is 4. The Balaban J connectivity index is 1.78. The van der Waals surface area contributed by atoms with Gasteiger partial charge in [0.05, 0.1) is 28.9 Å². The van der Waals surface area contributed by atoms with Crippen molar-refractivity contribution in [2.75, 3.05) is 0 Å². The molecule has 0 aliphatic heterocycles. The van der Waals surface area contributed by atoms with Crippen LogP contribution in [0.4, 0.5) is 0 Å². The molecule has 29 heavy (non-hydrogen) atoms. The monoisotopic (exact) mass is 388 g/mol. The van der Waals surface area contributed by atoms with Gasteiger partial charge in [-0.25, -0.2) is 4.98 Å². The lowest BCUT2D eigenvalue weighted by molar-refractivity contribution is 0.0941. The normalized spacial score (nSPS) is 12.3. The number of nitrogens with zero attached hydrogens (tertiary/aromatic N) is 3. The Morgan fingerprint density at radius 2 is 1.97 bits per heavy atom. The number of carbonyl (C=O) groups is 1. The molecule has 3 aromatic heterocycles. The second-order valence-corrected chi connectivity index (χ2v) is 7.50. The average molecular weight is 388 g/mol. The van der Waals surface area contributed by atoms with Crippen molar-refractivity contribution in [2.45, 2.75) is 33.7 Å². The number of furan rings is 1. The molecule has 0 fully saturated rings. The summed E-state index contributed by atoms with van der Waals surface area (Å²) in [6.45, 7) is 8.00. The Morgan fingerprint density at radius 1 is 1.17 bits per heavy atom. The second-order valence-electron chi connectivity index (χ2n) is 7.50. The standard InChI is InChI=1S/C23H24N4O2/c1-13-8-9-14(2)17(11-13)15(3)24-23(28)18-12-19(20-7-6-10-29-20)25-22-21(18)16(4)26-27(22)5/h6-12,15H,1-5H3,(H,24,28). The van der Waals surface area contributed by atoms with Crippen LogP contribution in [0.5, 0.6) is 0 Å². The molecule has 0 radical (unpaired) electrons. The molecule has 1 amide bonds. The molecular weight excluding hydrogens is 364 g/mol. The van der Waals surface area contributed by atoms with Crippen LogP contribution in [0.1, 0.15) is 45.7 Å². The number of aromatic nitrogens is 3. The van der Waals surface area contributed by atoms with Crippen molar-refractivity contribution < 1.29 is 9.21 Å². The first kappa shape index (κ1) is 18.9. The van der Waals surface area contributed by atoms with Gasteiger partial charge in [0, 0.05) is 7.05 Å². The number of pyridine rings is 1. The van der Waals surface area contributed by atoms with Crippen LogP contribution in [0.2, 0.25) is 0 Å². The van der Waals surface area contributed by atoms with Crippen molar-refractivity contribution in [3.05, 3.63) is 70.6 Å². The zero-order valence-electron chi connectivity index (χ0n) is 17.3. The number of hydrogen-bond donors (Lipinski definition) is 1. The summed E-state index contributed by atoms with van der Waals surface area (Å²) in [5.41, 5.74) is 6.00. The van der Waals surface area contributed by atoms with Crippen molar-refractivity contribution >= 4 is 16.9 Å². The van der Waals surface area contributed by atoms with E-state index in [-0.39, 0.29) is 11.9 Å². The lowest BCUT2D eigenvalue weighted by Gasteiger charge is -2.18. The molecule has 3 heterocycles. The lowest BCUT2D eigenvalue weighted by Crippen LogP contribution is -2.27. The van der Waals surface area contributed by atoms with Crippen LogP contribution in [0, 0.1) is 20.8 Å². The summed E-state index contributed by atoms with van der Waals surface area (Å²) in [6.07, 6.45) is 1.60. The van der Waals surface area contributed by atoms with E-state index < -0.39 is 0 Å². The first-order valence-corrected chi connectivity index (χ1v) is 9.61. The SMILES string of the molecule is Cc1ccc(C)c(C(C)NC(=O)c2cc(-c3ccco3)nc3c2c(C)nn3C)c1. The van der Waals surface area contributed by atoms with Gasteiger partial charge in [-0.15, -0.1) is 0 Å². The van der Waals surface area contributed by atoms with Gasteiger partial charge >= 0.3 is 0 Å². The molecule has 1 N–H and O–H groups in total. The first-order valence-electron chi connectivity index (χ1n) is 9.61. The molecule has 148 valence electrons. The van der Waals surface area contributed by atoms with E-state index >= 15 is 0 Å². The molecule has 0 saturated carbocycles. The van der Waals surface area contributed by atoms with E-state index in [4.69, 9.17) is 4.42 Å². The van der Waals surface area contributed by atoms with Crippen LogP contribution < -0.4 is 5.32 Å². The van der Waals surface area contributed by atoms with E-state index in [1.807, 2.05) is 27.0 Å². The predicted octanol–water partition coefficient (Wildman–Crippen LogP) is 4.64. The fourth-order valence-electron chi connectivity index (χ4n) is 3.75. The predicted molar refractivity (Wildman–Crippen MR) is 113 cm³/mol. The number of nitrogens with one attached hydrogen (secondary N) is 1. The van der Waals surface area contributed by atoms with E-state index in [0.29, 0.717) is 22.7 Å². The maximum absolute atomic E-state index is 13.3. The average Bonchev–Trinajstić information content (AvgIpc) is 3.32. The molecule has 6 nitrogen and oxygen atoms in total. The van der Waals surface area contributed by atoms with Gasteiger partial charge < -0.3 is 9.73 Å². The third-order valence-corrected chi connectivity index (χ3v) is 5.24. The Bertz CT molecular complexity index is 1210. The fraction of sp³-hybridized carbons (Fsp3) is 0.261. The largest absolute Gasteiger partial charge is 0.463 e. The minimum absolute atomic E-state index is 0.130. The van der Waals surface area contributed by atoms with Crippen LogP contribution in [0.3, 0.4) is 0 Å². The van der Waals surface area contributed by atoms with Gasteiger partial charge in [0.25, 0.3) is 5.91 Å². The Morgan fingerprint density at radius 3 is 2.69 bits per heavy atom. The molecule has 0 saturated heterocycles. The van der Waals surface area contributed by atoms with Crippen LogP contribution in [-0.4, -0.2) is 20.7 Å². The Labute approximate surface area is 169 Å². The number of amides is 1.